The number of hydrogen-bond donors (Lipinski definition) is 1. The van der Waals surface area contributed by atoms with E-state index < -0.39 is 10.8 Å². The van der Waals surface area contributed by atoms with E-state index >= 15 is 0 Å². The Balaban J connectivity index is 2.05. The van der Waals surface area contributed by atoms with E-state index in [0.29, 0.717) is 12.5 Å². The number of carbonyl (C=O) groups excluding carboxylic acids is 1. The molecule has 1 N–H and O–H groups in total. The predicted molar refractivity (Wildman–Crippen MR) is 73.8 cm³/mol. The molecular formula is C12H15ClN4O3. The van der Waals surface area contributed by atoms with Gasteiger partial charge < -0.3 is 10.2 Å². The first-order valence-electron chi connectivity index (χ1n) is 6.24. The maximum absolute atomic E-state index is 12.0. The van der Waals surface area contributed by atoms with E-state index in [1.54, 1.807) is 0 Å². The molecule has 1 saturated heterocycles. The van der Waals surface area contributed by atoms with Gasteiger partial charge in [0.15, 0.2) is 0 Å². The highest BCUT2D eigenvalue weighted by Gasteiger charge is 2.24. The summed E-state index contributed by atoms with van der Waals surface area (Å²) in [5, 5.41) is 13.7. The number of pyridine rings is 1. The molecule has 108 valence electrons. The van der Waals surface area contributed by atoms with Crippen molar-refractivity contribution in [2.45, 2.75) is 6.42 Å². The Bertz CT molecular complexity index is 537. The van der Waals surface area contributed by atoms with Crippen molar-refractivity contribution in [3.05, 3.63) is 33.1 Å². The van der Waals surface area contributed by atoms with Gasteiger partial charge in [-0.05, 0) is 32.0 Å². The van der Waals surface area contributed by atoms with Crippen molar-refractivity contribution < 1.29 is 9.72 Å². The molecule has 1 atom stereocenters. The van der Waals surface area contributed by atoms with Crippen LogP contribution in [0.1, 0.15) is 16.8 Å². The maximum Gasteiger partial charge on any atom is 0.300 e. The first-order valence-corrected chi connectivity index (χ1v) is 6.62. The summed E-state index contributed by atoms with van der Waals surface area (Å²) in [6.07, 6.45) is 2.01. The molecule has 2 heterocycles. The second-order valence-corrected chi connectivity index (χ2v) is 5.30. The zero-order valence-electron chi connectivity index (χ0n) is 11.0. The first kappa shape index (κ1) is 14.7. The van der Waals surface area contributed by atoms with Gasteiger partial charge in [-0.1, -0.05) is 11.6 Å². The molecule has 1 aromatic heterocycles. The molecule has 8 heteroatoms. The summed E-state index contributed by atoms with van der Waals surface area (Å²) < 4.78 is 0. The Morgan fingerprint density at radius 1 is 1.70 bits per heavy atom. The summed E-state index contributed by atoms with van der Waals surface area (Å²) in [4.78, 5) is 28.1. The van der Waals surface area contributed by atoms with Gasteiger partial charge in [-0.15, -0.1) is 0 Å². The molecule has 0 spiro atoms. The minimum absolute atomic E-state index is 0.0543. The monoisotopic (exact) mass is 298 g/mol. The second-order valence-electron chi connectivity index (χ2n) is 4.91. The van der Waals surface area contributed by atoms with Gasteiger partial charge in [0.05, 0.1) is 4.92 Å². The highest BCUT2D eigenvalue weighted by molar-refractivity contribution is 6.29. The zero-order chi connectivity index (χ0) is 14.7. The third kappa shape index (κ3) is 3.43. The molecule has 1 fully saturated rings. The molecule has 1 aliphatic rings. The van der Waals surface area contributed by atoms with Gasteiger partial charge in [-0.25, -0.2) is 4.98 Å². The summed E-state index contributed by atoms with van der Waals surface area (Å²) in [5.74, 6) is -0.115. The van der Waals surface area contributed by atoms with Crippen LogP contribution in [0, 0.1) is 16.0 Å². The number of rotatable bonds is 4. The number of carbonyl (C=O) groups is 1. The van der Waals surface area contributed by atoms with Crippen LogP contribution in [-0.4, -0.2) is 47.4 Å². The molecule has 0 bridgehead atoms. The van der Waals surface area contributed by atoms with Crippen molar-refractivity contribution in [2.75, 3.05) is 26.7 Å². The van der Waals surface area contributed by atoms with Crippen LogP contribution >= 0.6 is 11.6 Å². The topological polar surface area (TPSA) is 88.4 Å². The highest BCUT2D eigenvalue weighted by atomic mass is 35.5. The molecule has 1 amide bonds. The first-order chi connectivity index (χ1) is 9.47. The van der Waals surface area contributed by atoms with Gasteiger partial charge in [0.1, 0.15) is 16.9 Å². The smallest absolute Gasteiger partial charge is 0.300 e. The largest absolute Gasteiger partial charge is 0.351 e. The lowest BCUT2D eigenvalue weighted by molar-refractivity contribution is -0.385. The van der Waals surface area contributed by atoms with E-state index in [2.05, 4.69) is 15.2 Å². The van der Waals surface area contributed by atoms with Crippen LogP contribution in [0.2, 0.25) is 5.15 Å². The van der Waals surface area contributed by atoms with Crippen molar-refractivity contribution in [1.29, 1.82) is 0 Å². The standard InChI is InChI=1S/C12H15ClN4O3/c1-16-3-2-8(7-16)5-15-12(18)9-4-11(13)14-6-10(9)17(19)20/h4,6,8H,2-3,5,7H2,1H3,(H,15,18). The average molecular weight is 299 g/mol. The predicted octanol–water partition coefficient (Wildman–Crippen LogP) is 1.32. The lowest BCUT2D eigenvalue weighted by Crippen LogP contribution is -2.31. The maximum atomic E-state index is 12.0. The fourth-order valence-electron chi connectivity index (χ4n) is 2.28. The quantitative estimate of drug-likeness (QED) is 0.514. The lowest BCUT2D eigenvalue weighted by atomic mass is 10.1. The van der Waals surface area contributed by atoms with Crippen LogP contribution < -0.4 is 5.32 Å². The molecule has 1 aromatic rings. The zero-order valence-corrected chi connectivity index (χ0v) is 11.8. The molecular weight excluding hydrogens is 284 g/mol. The van der Waals surface area contributed by atoms with Crippen molar-refractivity contribution in [2.24, 2.45) is 5.92 Å². The van der Waals surface area contributed by atoms with E-state index in [1.165, 1.54) is 6.07 Å². The molecule has 2 rings (SSSR count). The number of likely N-dealkylation sites (tertiary alicyclic amines) is 1. The molecule has 0 radical (unpaired) electrons. The lowest BCUT2D eigenvalue weighted by Gasteiger charge is -2.11. The Hall–Kier alpha value is -1.73. The van der Waals surface area contributed by atoms with Gasteiger partial charge in [-0.3, -0.25) is 14.9 Å². The molecule has 0 aromatic carbocycles. The Morgan fingerprint density at radius 2 is 2.45 bits per heavy atom. The van der Waals surface area contributed by atoms with Gasteiger partial charge in [-0.2, -0.15) is 0 Å². The summed E-state index contributed by atoms with van der Waals surface area (Å²) in [5.41, 5.74) is -0.392. The summed E-state index contributed by atoms with van der Waals surface area (Å²) >= 11 is 5.69. The number of aromatic nitrogens is 1. The number of nitrogens with zero attached hydrogens (tertiary/aromatic N) is 3. The average Bonchev–Trinajstić information content (AvgIpc) is 2.81. The van der Waals surface area contributed by atoms with Crippen LogP contribution in [-0.2, 0) is 0 Å². The molecule has 1 unspecified atom stereocenters. The summed E-state index contributed by atoms with van der Waals surface area (Å²) in [6.45, 7) is 2.42. The Labute approximate surface area is 121 Å². The van der Waals surface area contributed by atoms with Gasteiger partial charge in [0.25, 0.3) is 11.6 Å². The van der Waals surface area contributed by atoms with Crippen molar-refractivity contribution in [3.8, 4) is 0 Å². The number of nitro groups is 1. The van der Waals surface area contributed by atoms with Crippen LogP contribution in [0.25, 0.3) is 0 Å². The number of halogens is 1. The highest BCUT2D eigenvalue weighted by Crippen LogP contribution is 2.20. The molecule has 0 aliphatic carbocycles. The Morgan fingerprint density at radius 3 is 3.05 bits per heavy atom. The van der Waals surface area contributed by atoms with Crippen molar-refractivity contribution in [3.63, 3.8) is 0 Å². The van der Waals surface area contributed by atoms with E-state index in [9.17, 15) is 14.9 Å². The van der Waals surface area contributed by atoms with Crippen LogP contribution in [0.15, 0.2) is 12.3 Å². The van der Waals surface area contributed by atoms with Gasteiger partial charge >= 0.3 is 0 Å². The fraction of sp³-hybridized carbons (Fsp3) is 0.500. The van der Waals surface area contributed by atoms with Crippen molar-refractivity contribution in [1.82, 2.24) is 15.2 Å². The third-order valence-electron chi connectivity index (χ3n) is 3.33. The minimum atomic E-state index is -0.637. The molecule has 7 nitrogen and oxygen atoms in total. The van der Waals surface area contributed by atoms with Gasteiger partial charge in [0.2, 0.25) is 0 Å². The molecule has 1 aliphatic heterocycles. The van der Waals surface area contributed by atoms with E-state index in [0.717, 1.165) is 25.7 Å². The van der Waals surface area contributed by atoms with Crippen LogP contribution in [0.3, 0.4) is 0 Å². The van der Waals surface area contributed by atoms with Crippen LogP contribution in [0.5, 0.6) is 0 Å². The second kappa shape index (κ2) is 6.15. The molecule has 20 heavy (non-hydrogen) atoms. The number of nitrogens with one attached hydrogen (secondary N) is 1. The number of hydrogen-bond acceptors (Lipinski definition) is 5. The summed E-state index contributed by atoms with van der Waals surface area (Å²) in [6, 6.07) is 1.22. The van der Waals surface area contributed by atoms with E-state index in [1.807, 2.05) is 7.05 Å². The van der Waals surface area contributed by atoms with E-state index in [4.69, 9.17) is 11.6 Å². The van der Waals surface area contributed by atoms with Crippen LogP contribution in [0.4, 0.5) is 5.69 Å². The minimum Gasteiger partial charge on any atom is -0.351 e. The SMILES string of the molecule is CN1CCC(CNC(=O)c2cc(Cl)ncc2[N+](=O)[O-])C1. The Kier molecular flexibility index (Phi) is 4.51. The number of amides is 1. The normalized spacial score (nSPS) is 19.0. The third-order valence-corrected chi connectivity index (χ3v) is 3.54. The molecule has 0 saturated carbocycles. The summed E-state index contributed by atoms with van der Waals surface area (Å²) in [7, 11) is 2.02. The fourth-order valence-corrected chi connectivity index (χ4v) is 2.43. The van der Waals surface area contributed by atoms with Gasteiger partial charge in [0, 0.05) is 13.1 Å². The van der Waals surface area contributed by atoms with E-state index in [-0.39, 0.29) is 16.4 Å². The van der Waals surface area contributed by atoms with Crippen molar-refractivity contribution >= 4 is 23.2 Å².